The summed E-state index contributed by atoms with van der Waals surface area (Å²) >= 11 is 0. The molecule has 29 heavy (non-hydrogen) atoms. The van der Waals surface area contributed by atoms with Gasteiger partial charge in [-0.2, -0.15) is 0 Å². The zero-order valence-corrected chi connectivity index (χ0v) is 20.3. The van der Waals surface area contributed by atoms with Gasteiger partial charge in [0.05, 0.1) is 19.3 Å². The van der Waals surface area contributed by atoms with Gasteiger partial charge < -0.3 is 24.8 Å². The maximum Gasteiger partial charge on any atom is 0.191 e. The number of hydrogen-bond acceptors (Lipinski definition) is 4. The summed E-state index contributed by atoms with van der Waals surface area (Å²) in [6, 6.07) is 8.68. The van der Waals surface area contributed by atoms with Crippen LogP contribution in [0.5, 0.6) is 0 Å². The van der Waals surface area contributed by atoms with Crippen molar-refractivity contribution in [3.63, 3.8) is 0 Å². The predicted molar refractivity (Wildman–Crippen MR) is 129 cm³/mol. The molecule has 2 rings (SSSR count). The Balaban J connectivity index is 0.00000420. The Kier molecular flexibility index (Phi) is 15.2. The summed E-state index contributed by atoms with van der Waals surface area (Å²) in [5.74, 6) is 0.863. The zero-order chi connectivity index (χ0) is 19.9. The van der Waals surface area contributed by atoms with Crippen molar-refractivity contribution in [2.45, 2.75) is 45.1 Å². The second-order valence-corrected chi connectivity index (χ2v) is 6.95. The largest absolute Gasteiger partial charge is 0.382 e. The third-order valence-electron chi connectivity index (χ3n) is 4.74. The number of halogens is 1. The van der Waals surface area contributed by atoms with Crippen molar-refractivity contribution in [2.75, 3.05) is 53.2 Å². The predicted octanol–water partition coefficient (Wildman–Crippen LogP) is 3.70. The number of nitrogens with zero attached hydrogens (tertiary/aromatic N) is 1. The minimum atomic E-state index is 0. The summed E-state index contributed by atoms with van der Waals surface area (Å²) in [5.41, 5.74) is 2.83. The fraction of sp³-hybridized carbons (Fsp3) is 0.682. The van der Waals surface area contributed by atoms with E-state index in [-0.39, 0.29) is 30.1 Å². The van der Waals surface area contributed by atoms with Gasteiger partial charge in [-0.15, -0.1) is 24.0 Å². The lowest BCUT2D eigenvalue weighted by molar-refractivity contribution is 0.0398. The molecule has 0 bridgehead atoms. The minimum absolute atomic E-state index is 0. The number of hydrogen-bond donors (Lipinski definition) is 2. The Morgan fingerprint density at radius 3 is 2.79 bits per heavy atom. The van der Waals surface area contributed by atoms with Crippen LogP contribution < -0.4 is 10.6 Å². The molecule has 0 aromatic heterocycles. The monoisotopic (exact) mass is 519 g/mol. The highest BCUT2D eigenvalue weighted by Crippen LogP contribution is 2.32. The number of guanidine groups is 1. The highest BCUT2D eigenvalue weighted by Gasteiger charge is 2.19. The smallest absolute Gasteiger partial charge is 0.191 e. The number of rotatable bonds is 13. The van der Waals surface area contributed by atoms with Crippen LogP contribution >= 0.6 is 24.0 Å². The highest BCUT2D eigenvalue weighted by molar-refractivity contribution is 14.0. The Labute approximate surface area is 193 Å². The number of aliphatic imine (C=N–C) groups is 1. The molecule has 6 nitrogen and oxygen atoms in total. The molecule has 0 heterocycles. The van der Waals surface area contributed by atoms with Crippen LogP contribution in [0.4, 0.5) is 0 Å². The molecular weight excluding hydrogens is 481 g/mol. The lowest BCUT2D eigenvalue weighted by atomic mass is 9.89. The van der Waals surface area contributed by atoms with Crippen molar-refractivity contribution < 1.29 is 14.2 Å². The molecule has 0 saturated heterocycles. The maximum absolute atomic E-state index is 6.17. The van der Waals surface area contributed by atoms with Crippen LogP contribution in [0.2, 0.25) is 0 Å². The standard InChI is InChI=1S/C22H37N3O3.HI/c1-3-23-22(24-13-7-15-27-18-17-26-2)25-14-8-16-28-21-12-6-10-19-9-4-5-11-20(19)21;/h4-5,9,11,21H,3,6-8,10,12-18H2,1-2H3,(H2,23,24,25);1H. The van der Waals surface area contributed by atoms with Crippen molar-refractivity contribution in [1.82, 2.24) is 10.6 Å². The molecule has 1 aliphatic carbocycles. The average Bonchev–Trinajstić information content (AvgIpc) is 2.73. The fourth-order valence-corrected chi connectivity index (χ4v) is 3.33. The van der Waals surface area contributed by atoms with Crippen molar-refractivity contribution in [3.8, 4) is 0 Å². The van der Waals surface area contributed by atoms with Crippen LogP contribution in [-0.4, -0.2) is 59.1 Å². The molecule has 1 unspecified atom stereocenters. The maximum atomic E-state index is 6.17. The molecule has 0 saturated carbocycles. The molecule has 0 spiro atoms. The Morgan fingerprint density at radius 2 is 1.97 bits per heavy atom. The Morgan fingerprint density at radius 1 is 1.10 bits per heavy atom. The van der Waals surface area contributed by atoms with Gasteiger partial charge in [-0.1, -0.05) is 24.3 Å². The molecule has 2 N–H and O–H groups in total. The van der Waals surface area contributed by atoms with Crippen LogP contribution in [0.3, 0.4) is 0 Å². The zero-order valence-electron chi connectivity index (χ0n) is 18.0. The third-order valence-corrected chi connectivity index (χ3v) is 4.74. The Hall–Kier alpha value is -0.900. The summed E-state index contributed by atoms with van der Waals surface area (Å²) in [7, 11) is 1.68. The summed E-state index contributed by atoms with van der Waals surface area (Å²) in [4.78, 5) is 4.59. The van der Waals surface area contributed by atoms with Crippen LogP contribution in [0, 0.1) is 0 Å². The summed E-state index contributed by atoms with van der Waals surface area (Å²) in [5, 5.41) is 6.67. The van der Waals surface area contributed by atoms with E-state index in [0.29, 0.717) is 19.8 Å². The number of fused-ring (bicyclic) bond motifs is 1. The van der Waals surface area contributed by atoms with E-state index in [4.69, 9.17) is 14.2 Å². The van der Waals surface area contributed by atoms with E-state index in [2.05, 4.69) is 46.8 Å². The molecule has 1 aromatic rings. The van der Waals surface area contributed by atoms with Crippen LogP contribution in [0.15, 0.2) is 29.3 Å². The van der Waals surface area contributed by atoms with E-state index in [1.165, 1.54) is 24.0 Å². The molecule has 1 aliphatic rings. The molecular formula is C22H38IN3O3. The van der Waals surface area contributed by atoms with Crippen LogP contribution in [0.1, 0.15) is 49.8 Å². The summed E-state index contributed by atoms with van der Waals surface area (Å²) in [6.45, 7) is 7.29. The third kappa shape index (κ3) is 10.6. The van der Waals surface area contributed by atoms with E-state index in [0.717, 1.165) is 51.5 Å². The number of nitrogens with one attached hydrogen (secondary N) is 2. The number of methoxy groups -OCH3 is 1. The Bertz CT molecular complexity index is 572. The quantitative estimate of drug-likeness (QED) is 0.180. The normalized spacial score (nSPS) is 16.1. The van der Waals surface area contributed by atoms with Gasteiger partial charge in [-0.25, -0.2) is 0 Å². The number of ether oxygens (including phenoxy) is 3. The van der Waals surface area contributed by atoms with Gasteiger partial charge in [0.2, 0.25) is 0 Å². The van der Waals surface area contributed by atoms with Gasteiger partial charge >= 0.3 is 0 Å². The van der Waals surface area contributed by atoms with Crippen molar-refractivity contribution in [3.05, 3.63) is 35.4 Å². The second-order valence-electron chi connectivity index (χ2n) is 6.95. The first-order valence-corrected chi connectivity index (χ1v) is 10.6. The number of aryl methyl sites for hydroxylation is 1. The first kappa shape index (κ1) is 26.1. The van der Waals surface area contributed by atoms with Crippen molar-refractivity contribution in [1.29, 1.82) is 0 Å². The highest BCUT2D eigenvalue weighted by atomic mass is 127. The summed E-state index contributed by atoms with van der Waals surface area (Å²) in [6.07, 6.45) is 5.64. The van der Waals surface area contributed by atoms with E-state index in [1.54, 1.807) is 7.11 Å². The number of benzene rings is 1. The molecule has 0 fully saturated rings. The van der Waals surface area contributed by atoms with Crippen LogP contribution in [-0.2, 0) is 20.6 Å². The second kappa shape index (κ2) is 16.8. The fourth-order valence-electron chi connectivity index (χ4n) is 3.33. The van der Waals surface area contributed by atoms with Gasteiger partial charge in [0.25, 0.3) is 0 Å². The van der Waals surface area contributed by atoms with Gasteiger partial charge in [-0.3, -0.25) is 4.99 Å². The summed E-state index contributed by atoms with van der Waals surface area (Å²) < 4.78 is 16.6. The topological polar surface area (TPSA) is 64.1 Å². The van der Waals surface area contributed by atoms with Gasteiger partial charge in [0.15, 0.2) is 5.96 Å². The first-order valence-electron chi connectivity index (χ1n) is 10.6. The van der Waals surface area contributed by atoms with Crippen molar-refractivity contribution in [2.24, 2.45) is 4.99 Å². The lowest BCUT2D eigenvalue weighted by Gasteiger charge is -2.25. The van der Waals surface area contributed by atoms with E-state index in [9.17, 15) is 0 Å². The molecule has 0 aliphatic heterocycles. The van der Waals surface area contributed by atoms with E-state index in [1.807, 2.05) is 0 Å². The minimum Gasteiger partial charge on any atom is -0.382 e. The molecule has 0 radical (unpaired) electrons. The first-order chi connectivity index (χ1) is 13.8. The molecule has 166 valence electrons. The van der Waals surface area contributed by atoms with E-state index >= 15 is 0 Å². The average molecular weight is 519 g/mol. The van der Waals surface area contributed by atoms with Gasteiger partial charge in [-0.05, 0) is 50.2 Å². The SMILES string of the molecule is CCNC(=NCCCOCCOC)NCCCOC1CCCc2ccccc21.I. The van der Waals surface area contributed by atoms with E-state index < -0.39 is 0 Å². The molecule has 0 amide bonds. The van der Waals surface area contributed by atoms with Gasteiger partial charge in [0, 0.05) is 40.0 Å². The molecule has 7 heteroatoms. The lowest BCUT2D eigenvalue weighted by Crippen LogP contribution is -2.38. The molecule has 1 atom stereocenters. The van der Waals surface area contributed by atoms with Crippen molar-refractivity contribution >= 4 is 29.9 Å². The van der Waals surface area contributed by atoms with Crippen LogP contribution in [0.25, 0.3) is 0 Å². The molecule has 1 aromatic carbocycles. The van der Waals surface area contributed by atoms with Gasteiger partial charge in [0.1, 0.15) is 0 Å².